The van der Waals surface area contributed by atoms with Crippen LogP contribution in [-0.2, 0) is 14.3 Å². The van der Waals surface area contributed by atoms with Crippen LogP contribution in [0.1, 0.15) is 12.0 Å². The highest BCUT2D eigenvalue weighted by Gasteiger charge is 2.19. The van der Waals surface area contributed by atoms with Crippen molar-refractivity contribution in [2.45, 2.75) is 19.4 Å². The Hall–Kier alpha value is -2.08. The van der Waals surface area contributed by atoms with Gasteiger partial charge in [0.15, 0.2) is 6.04 Å². The molecule has 0 spiro atoms. The molecule has 0 bridgehead atoms. The van der Waals surface area contributed by atoms with E-state index in [4.69, 9.17) is 14.6 Å². The van der Waals surface area contributed by atoms with E-state index in [2.05, 4.69) is 5.32 Å². The molecule has 1 atom stereocenters. The first-order chi connectivity index (χ1) is 9.52. The van der Waals surface area contributed by atoms with Gasteiger partial charge >= 0.3 is 5.97 Å². The normalized spacial score (nSPS) is 11.7. The van der Waals surface area contributed by atoms with Crippen LogP contribution < -0.4 is 10.1 Å². The van der Waals surface area contributed by atoms with Crippen molar-refractivity contribution in [1.29, 1.82) is 0 Å². The first-order valence-electron chi connectivity index (χ1n) is 6.23. The van der Waals surface area contributed by atoms with Crippen LogP contribution in [0.25, 0.3) is 0 Å². The van der Waals surface area contributed by atoms with Crippen LogP contribution in [0.4, 0.5) is 0 Å². The van der Waals surface area contributed by atoms with Gasteiger partial charge in [-0.25, -0.2) is 4.79 Å². The van der Waals surface area contributed by atoms with Gasteiger partial charge < -0.3 is 19.9 Å². The molecule has 6 heteroatoms. The number of aryl methyl sites for hydroxylation is 1. The fourth-order valence-electron chi connectivity index (χ4n) is 1.50. The Morgan fingerprint density at radius 1 is 1.30 bits per heavy atom. The van der Waals surface area contributed by atoms with Gasteiger partial charge in [0.2, 0.25) is 5.91 Å². The summed E-state index contributed by atoms with van der Waals surface area (Å²) < 4.78 is 10.1. The number of methoxy groups -OCH3 is 1. The van der Waals surface area contributed by atoms with Gasteiger partial charge in [0.05, 0.1) is 19.6 Å². The Balaban J connectivity index is 2.32. The number of hydrogen-bond acceptors (Lipinski definition) is 4. The molecule has 0 saturated heterocycles. The number of rotatable bonds is 8. The number of ether oxygens (including phenoxy) is 2. The van der Waals surface area contributed by atoms with Crippen LogP contribution in [-0.4, -0.2) is 43.3 Å². The van der Waals surface area contributed by atoms with E-state index in [9.17, 15) is 9.59 Å². The van der Waals surface area contributed by atoms with Crippen molar-refractivity contribution in [1.82, 2.24) is 5.32 Å². The zero-order chi connectivity index (χ0) is 15.0. The maximum atomic E-state index is 11.6. The van der Waals surface area contributed by atoms with Crippen LogP contribution in [0.2, 0.25) is 0 Å². The Bertz CT molecular complexity index is 443. The molecule has 0 aliphatic heterocycles. The monoisotopic (exact) mass is 281 g/mol. The number of benzene rings is 1. The van der Waals surface area contributed by atoms with Crippen LogP contribution in [0.15, 0.2) is 24.3 Å². The lowest BCUT2D eigenvalue weighted by atomic mass is 10.2. The first kappa shape index (κ1) is 16.0. The topological polar surface area (TPSA) is 84.9 Å². The van der Waals surface area contributed by atoms with Gasteiger partial charge in [-0.1, -0.05) is 17.7 Å². The average molecular weight is 281 g/mol. The van der Waals surface area contributed by atoms with Crippen molar-refractivity contribution in [3.05, 3.63) is 29.8 Å². The van der Waals surface area contributed by atoms with Crippen molar-refractivity contribution in [3.63, 3.8) is 0 Å². The summed E-state index contributed by atoms with van der Waals surface area (Å²) in [5.74, 6) is -0.837. The zero-order valence-corrected chi connectivity index (χ0v) is 11.6. The van der Waals surface area contributed by atoms with E-state index in [1.54, 1.807) is 0 Å². The fraction of sp³-hybridized carbons (Fsp3) is 0.429. The second-order valence-electron chi connectivity index (χ2n) is 4.33. The molecule has 1 aromatic rings. The van der Waals surface area contributed by atoms with Gasteiger partial charge in [-0.3, -0.25) is 4.79 Å². The maximum absolute atomic E-state index is 11.6. The number of carboxylic acids is 1. The van der Waals surface area contributed by atoms with E-state index >= 15 is 0 Å². The minimum absolute atomic E-state index is 0.0696. The lowest BCUT2D eigenvalue weighted by Gasteiger charge is -2.13. The lowest BCUT2D eigenvalue weighted by Crippen LogP contribution is -2.44. The quantitative estimate of drug-likeness (QED) is 0.742. The van der Waals surface area contributed by atoms with Crippen molar-refractivity contribution < 1.29 is 24.2 Å². The largest absolute Gasteiger partial charge is 0.493 e. The van der Waals surface area contributed by atoms with Crippen LogP contribution in [0.3, 0.4) is 0 Å². The molecule has 1 rings (SSSR count). The van der Waals surface area contributed by atoms with E-state index in [1.807, 2.05) is 31.2 Å². The molecule has 0 aliphatic rings. The van der Waals surface area contributed by atoms with Gasteiger partial charge in [0, 0.05) is 7.11 Å². The minimum Gasteiger partial charge on any atom is -0.493 e. The third-order valence-corrected chi connectivity index (χ3v) is 2.59. The van der Waals surface area contributed by atoms with E-state index in [0.717, 1.165) is 5.56 Å². The molecule has 0 radical (unpaired) electrons. The summed E-state index contributed by atoms with van der Waals surface area (Å²) in [4.78, 5) is 22.4. The molecule has 20 heavy (non-hydrogen) atoms. The minimum atomic E-state index is -1.13. The lowest BCUT2D eigenvalue weighted by molar-refractivity contribution is -0.143. The number of aliphatic carboxylic acids is 1. The summed E-state index contributed by atoms with van der Waals surface area (Å²) in [6.07, 6.45) is 0.0847. The SMILES string of the molecule is COCC(NC(=O)CCOc1ccc(C)cc1)C(=O)O. The molecule has 0 aliphatic carbocycles. The number of hydrogen-bond donors (Lipinski definition) is 2. The third-order valence-electron chi connectivity index (χ3n) is 2.59. The molecule has 2 N–H and O–H groups in total. The molecule has 6 nitrogen and oxygen atoms in total. The summed E-state index contributed by atoms with van der Waals surface area (Å²) in [5.41, 5.74) is 1.12. The Kier molecular flexibility index (Phi) is 6.52. The van der Waals surface area contributed by atoms with Gasteiger partial charge in [-0.2, -0.15) is 0 Å². The maximum Gasteiger partial charge on any atom is 0.328 e. The molecule has 1 aromatic carbocycles. The van der Waals surface area contributed by atoms with Crippen molar-refractivity contribution >= 4 is 11.9 Å². The number of carbonyl (C=O) groups excluding carboxylic acids is 1. The van der Waals surface area contributed by atoms with Crippen LogP contribution >= 0.6 is 0 Å². The summed E-state index contributed by atoms with van der Waals surface area (Å²) in [6, 6.07) is 6.42. The van der Waals surface area contributed by atoms with Gasteiger partial charge in [-0.15, -0.1) is 0 Å². The summed E-state index contributed by atoms with van der Waals surface area (Å²) in [6.45, 7) is 2.09. The highest BCUT2D eigenvalue weighted by molar-refractivity contribution is 5.83. The number of amides is 1. The van der Waals surface area contributed by atoms with E-state index in [-0.39, 0.29) is 25.5 Å². The second-order valence-corrected chi connectivity index (χ2v) is 4.33. The molecule has 110 valence electrons. The van der Waals surface area contributed by atoms with E-state index < -0.39 is 12.0 Å². The predicted molar refractivity (Wildman–Crippen MR) is 72.7 cm³/mol. The highest BCUT2D eigenvalue weighted by atomic mass is 16.5. The Labute approximate surface area is 117 Å². The van der Waals surface area contributed by atoms with Gasteiger partial charge in [-0.05, 0) is 19.1 Å². The molecule has 1 unspecified atom stereocenters. The predicted octanol–water partition coefficient (Wildman–Crippen LogP) is 0.980. The number of carbonyl (C=O) groups is 2. The highest BCUT2D eigenvalue weighted by Crippen LogP contribution is 2.11. The van der Waals surface area contributed by atoms with E-state index in [1.165, 1.54) is 7.11 Å². The smallest absolute Gasteiger partial charge is 0.328 e. The molecule has 0 saturated carbocycles. The van der Waals surface area contributed by atoms with Crippen LogP contribution in [0, 0.1) is 6.92 Å². The van der Waals surface area contributed by atoms with Crippen LogP contribution in [0.5, 0.6) is 5.75 Å². The van der Waals surface area contributed by atoms with E-state index in [0.29, 0.717) is 5.75 Å². The first-order valence-corrected chi connectivity index (χ1v) is 6.23. The number of nitrogens with one attached hydrogen (secondary N) is 1. The van der Waals surface area contributed by atoms with Crippen molar-refractivity contribution in [3.8, 4) is 5.75 Å². The summed E-state index contributed by atoms with van der Waals surface area (Å²) in [5, 5.41) is 11.2. The molecular weight excluding hydrogens is 262 g/mol. The van der Waals surface area contributed by atoms with Crippen molar-refractivity contribution in [2.24, 2.45) is 0 Å². The molecular formula is C14H19NO5. The number of carboxylic acid groups (broad SMARTS) is 1. The summed E-state index contributed by atoms with van der Waals surface area (Å²) in [7, 11) is 1.38. The molecule has 1 amide bonds. The average Bonchev–Trinajstić information content (AvgIpc) is 2.40. The van der Waals surface area contributed by atoms with Gasteiger partial charge in [0.25, 0.3) is 0 Å². The second kappa shape index (κ2) is 8.16. The third kappa shape index (κ3) is 5.71. The Morgan fingerprint density at radius 3 is 2.50 bits per heavy atom. The van der Waals surface area contributed by atoms with Crippen molar-refractivity contribution in [2.75, 3.05) is 20.3 Å². The molecule has 0 fully saturated rings. The molecule has 0 aromatic heterocycles. The van der Waals surface area contributed by atoms with Gasteiger partial charge in [0.1, 0.15) is 5.75 Å². The fourth-order valence-corrected chi connectivity index (χ4v) is 1.50. The standard InChI is InChI=1S/C14H19NO5/c1-10-3-5-11(6-4-10)20-8-7-13(16)15-12(9-19-2)14(17)18/h3-6,12H,7-9H2,1-2H3,(H,15,16)(H,17,18). The molecule has 0 heterocycles. The zero-order valence-electron chi connectivity index (χ0n) is 11.6. The Morgan fingerprint density at radius 2 is 1.95 bits per heavy atom. The summed E-state index contributed by atoms with van der Waals surface area (Å²) >= 11 is 0.